The van der Waals surface area contributed by atoms with Crippen molar-refractivity contribution in [1.82, 2.24) is 9.62 Å². The Labute approximate surface area is 153 Å². The minimum Gasteiger partial charge on any atom is -0.497 e. The number of sulfonamides is 1. The topological polar surface area (TPSA) is 84.9 Å². The van der Waals surface area contributed by atoms with Crippen LogP contribution in [0.5, 0.6) is 11.5 Å². The smallest absolute Gasteiger partial charge is 0.251 e. The van der Waals surface area contributed by atoms with Crippen LogP contribution >= 0.6 is 0 Å². The van der Waals surface area contributed by atoms with Crippen molar-refractivity contribution in [2.75, 3.05) is 34.4 Å². The summed E-state index contributed by atoms with van der Waals surface area (Å²) in [6.07, 6.45) is 0. The van der Waals surface area contributed by atoms with Crippen LogP contribution in [0.4, 0.5) is 0 Å². The second-order valence-electron chi connectivity index (χ2n) is 5.60. The van der Waals surface area contributed by atoms with E-state index < -0.39 is 10.0 Å². The lowest BCUT2D eigenvalue weighted by Crippen LogP contribution is -2.28. The van der Waals surface area contributed by atoms with Crippen molar-refractivity contribution in [2.45, 2.75) is 4.90 Å². The Morgan fingerprint density at radius 1 is 1.08 bits per heavy atom. The molecule has 1 amide bonds. The van der Waals surface area contributed by atoms with Crippen molar-refractivity contribution in [3.63, 3.8) is 0 Å². The monoisotopic (exact) mass is 378 g/mol. The molecule has 0 aliphatic carbocycles. The van der Waals surface area contributed by atoms with E-state index in [2.05, 4.69) is 5.32 Å². The Morgan fingerprint density at radius 2 is 1.73 bits per heavy atom. The van der Waals surface area contributed by atoms with Gasteiger partial charge in [0.25, 0.3) is 5.91 Å². The average Bonchev–Trinajstić information content (AvgIpc) is 2.65. The van der Waals surface area contributed by atoms with E-state index in [-0.39, 0.29) is 10.8 Å². The maximum atomic E-state index is 12.1. The van der Waals surface area contributed by atoms with Crippen molar-refractivity contribution in [1.29, 1.82) is 0 Å². The molecule has 0 unspecified atom stereocenters. The molecule has 2 rings (SSSR count). The number of hydrogen-bond donors (Lipinski definition) is 1. The molecule has 2 aromatic carbocycles. The van der Waals surface area contributed by atoms with Crippen LogP contribution in [0, 0.1) is 0 Å². The zero-order valence-corrected chi connectivity index (χ0v) is 15.7. The number of methoxy groups -OCH3 is 1. The first kappa shape index (κ1) is 19.7. The number of hydrogen-bond acceptors (Lipinski definition) is 5. The summed E-state index contributed by atoms with van der Waals surface area (Å²) in [7, 11) is 0.986. The van der Waals surface area contributed by atoms with Crippen LogP contribution in [0.15, 0.2) is 53.4 Å². The minimum atomic E-state index is -3.51. The van der Waals surface area contributed by atoms with E-state index in [0.717, 1.165) is 4.31 Å². The quantitative estimate of drug-likeness (QED) is 0.708. The highest BCUT2D eigenvalue weighted by molar-refractivity contribution is 7.89. The summed E-state index contributed by atoms with van der Waals surface area (Å²) in [5.74, 6) is 1.05. The predicted molar refractivity (Wildman–Crippen MR) is 98.1 cm³/mol. The Hall–Kier alpha value is -2.58. The second kappa shape index (κ2) is 8.68. The summed E-state index contributed by atoms with van der Waals surface area (Å²) in [5.41, 5.74) is 0.379. The molecule has 0 radical (unpaired) electrons. The van der Waals surface area contributed by atoms with Crippen LogP contribution in [-0.4, -0.2) is 53.0 Å². The third-order valence-corrected chi connectivity index (χ3v) is 5.42. The number of ether oxygens (including phenoxy) is 2. The van der Waals surface area contributed by atoms with Gasteiger partial charge in [-0.25, -0.2) is 12.7 Å². The fourth-order valence-electron chi connectivity index (χ4n) is 2.12. The Morgan fingerprint density at radius 3 is 2.35 bits per heavy atom. The SMILES string of the molecule is COc1cccc(OCCNC(=O)c2ccc(S(=O)(=O)N(C)C)cc2)c1. The lowest BCUT2D eigenvalue weighted by Gasteiger charge is -2.12. The van der Waals surface area contributed by atoms with Gasteiger partial charge in [0.05, 0.1) is 18.6 Å². The van der Waals surface area contributed by atoms with Crippen molar-refractivity contribution in [3.8, 4) is 11.5 Å². The van der Waals surface area contributed by atoms with Gasteiger partial charge in [0.1, 0.15) is 18.1 Å². The van der Waals surface area contributed by atoms with E-state index in [4.69, 9.17) is 9.47 Å². The zero-order valence-electron chi connectivity index (χ0n) is 14.9. The Kier molecular flexibility index (Phi) is 6.59. The van der Waals surface area contributed by atoms with Gasteiger partial charge in [0.2, 0.25) is 10.0 Å². The molecule has 140 valence electrons. The maximum Gasteiger partial charge on any atom is 0.251 e. The number of carbonyl (C=O) groups is 1. The molecule has 8 heteroatoms. The van der Waals surface area contributed by atoms with E-state index in [1.807, 2.05) is 12.1 Å². The highest BCUT2D eigenvalue weighted by atomic mass is 32.2. The summed E-state index contributed by atoms with van der Waals surface area (Å²) in [4.78, 5) is 12.2. The molecule has 1 N–H and O–H groups in total. The molecule has 0 fully saturated rings. The molecular weight excluding hydrogens is 356 g/mol. The fraction of sp³-hybridized carbons (Fsp3) is 0.278. The first-order valence-corrected chi connectivity index (χ1v) is 9.36. The van der Waals surface area contributed by atoms with Crippen LogP contribution < -0.4 is 14.8 Å². The summed E-state index contributed by atoms with van der Waals surface area (Å²) < 4.78 is 35.8. The standard InChI is InChI=1S/C18H22N2O5S/c1-20(2)26(22,23)17-9-7-14(8-10-17)18(21)19-11-12-25-16-6-4-5-15(13-16)24-3/h4-10,13H,11-12H2,1-3H3,(H,19,21). The molecule has 0 saturated carbocycles. The van der Waals surface area contributed by atoms with Crippen molar-refractivity contribution in [3.05, 3.63) is 54.1 Å². The molecule has 0 aromatic heterocycles. The summed E-state index contributed by atoms with van der Waals surface area (Å²) in [5, 5.41) is 2.72. The van der Waals surface area contributed by atoms with E-state index in [9.17, 15) is 13.2 Å². The number of benzene rings is 2. The lowest BCUT2D eigenvalue weighted by molar-refractivity contribution is 0.0947. The third kappa shape index (κ3) is 4.96. The Bertz CT molecular complexity index is 848. The van der Waals surface area contributed by atoms with Crippen LogP contribution in [0.2, 0.25) is 0 Å². The molecule has 7 nitrogen and oxygen atoms in total. The summed E-state index contributed by atoms with van der Waals surface area (Å²) in [6.45, 7) is 0.611. The van der Waals surface area contributed by atoms with E-state index in [0.29, 0.717) is 30.2 Å². The average molecular weight is 378 g/mol. The normalized spacial score (nSPS) is 11.2. The van der Waals surface area contributed by atoms with Crippen molar-refractivity contribution in [2.24, 2.45) is 0 Å². The van der Waals surface area contributed by atoms with Gasteiger partial charge in [0.15, 0.2) is 0 Å². The van der Waals surface area contributed by atoms with Gasteiger partial charge in [-0.05, 0) is 36.4 Å². The number of amides is 1. The maximum absolute atomic E-state index is 12.1. The zero-order chi connectivity index (χ0) is 19.2. The van der Waals surface area contributed by atoms with Crippen LogP contribution in [0.1, 0.15) is 10.4 Å². The van der Waals surface area contributed by atoms with Crippen LogP contribution in [0.25, 0.3) is 0 Å². The highest BCUT2D eigenvalue weighted by Gasteiger charge is 2.17. The summed E-state index contributed by atoms with van der Waals surface area (Å²) in [6, 6.07) is 13.0. The number of carbonyl (C=O) groups excluding carboxylic acids is 1. The van der Waals surface area contributed by atoms with Gasteiger partial charge in [-0.2, -0.15) is 0 Å². The van der Waals surface area contributed by atoms with Gasteiger partial charge in [-0.1, -0.05) is 6.07 Å². The number of nitrogens with zero attached hydrogens (tertiary/aromatic N) is 1. The molecule has 2 aromatic rings. The lowest BCUT2D eigenvalue weighted by atomic mass is 10.2. The first-order chi connectivity index (χ1) is 12.3. The van der Waals surface area contributed by atoms with Gasteiger partial charge in [0, 0.05) is 25.7 Å². The summed E-state index contributed by atoms with van der Waals surface area (Å²) >= 11 is 0. The largest absolute Gasteiger partial charge is 0.497 e. The van der Waals surface area contributed by atoms with Crippen LogP contribution in [0.3, 0.4) is 0 Å². The minimum absolute atomic E-state index is 0.139. The molecule has 0 heterocycles. The Balaban J connectivity index is 1.86. The number of rotatable bonds is 8. The molecular formula is C18H22N2O5S. The number of nitrogens with one attached hydrogen (secondary N) is 1. The van der Waals surface area contributed by atoms with E-state index in [1.54, 1.807) is 19.2 Å². The van der Waals surface area contributed by atoms with Crippen molar-refractivity contribution >= 4 is 15.9 Å². The molecule has 26 heavy (non-hydrogen) atoms. The predicted octanol–water partition coefficient (Wildman–Crippen LogP) is 1.75. The van der Waals surface area contributed by atoms with Gasteiger partial charge in [-0.15, -0.1) is 0 Å². The van der Waals surface area contributed by atoms with Crippen molar-refractivity contribution < 1.29 is 22.7 Å². The molecule has 0 aliphatic heterocycles. The van der Waals surface area contributed by atoms with Gasteiger partial charge < -0.3 is 14.8 Å². The third-order valence-electron chi connectivity index (χ3n) is 3.59. The molecule has 0 bridgehead atoms. The van der Waals surface area contributed by atoms with E-state index >= 15 is 0 Å². The van der Waals surface area contributed by atoms with Gasteiger partial charge >= 0.3 is 0 Å². The molecule has 0 atom stereocenters. The fourth-order valence-corrected chi connectivity index (χ4v) is 3.02. The van der Waals surface area contributed by atoms with Gasteiger partial charge in [-0.3, -0.25) is 4.79 Å². The van der Waals surface area contributed by atoms with Crippen LogP contribution in [-0.2, 0) is 10.0 Å². The molecule has 0 saturated heterocycles. The molecule has 0 spiro atoms. The highest BCUT2D eigenvalue weighted by Crippen LogP contribution is 2.18. The van der Waals surface area contributed by atoms with E-state index in [1.165, 1.54) is 38.4 Å². The molecule has 0 aliphatic rings. The second-order valence-corrected chi connectivity index (χ2v) is 7.75. The first-order valence-electron chi connectivity index (χ1n) is 7.92.